The number of aryl methyl sites for hydroxylation is 2. The van der Waals surface area contributed by atoms with Gasteiger partial charge in [-0.3, -0.25) is 0 Å². The highest BCUT2D eigenvalue weighted by molar-refractivity contribution is 7.21. The minimum absolute atomic E-state index is 0.722. The third-order valence-electron chi connectivity index (χ3n) is 4.39. The molecule has 0 saturated carbocycles. The van der Waals surface area contributed by atoms with E-state index in [1.165, 1.54) is 10.3 Å². The van der Waals surface area contributed by atoms with Crippen molar-refractivity contribution in [3.8, 4) is 10.6 Å². The van der Waals surface area contributed by atoms with Gasteiger partial charge in [0.15, 0.2) is 0 Å². The highest BCUT2D eigenvalue weighted by Crippen LogP contribution is 2.32. The van der Waals surface area contributed by atoms with Crippen molar-refractivity contribution in [3.63, 3.8) is 0 Å². The van der Waals surface area contributed by atoms with Gasteiger partial charge in [0.05, 0.1) is 20.9 Å². The molecule has 5 aromatic rings. The van der Waals surface area contributed by atoms with E-state index in [-0.39, 0.29) is 0 Å². The van der Waals surface area contributed by atoms with Gasteiger partial charge in [-0.05, 0) is 55.8 Å². The van der Waals surface area contributed by atoms with Crippen LogP contribution < -0.4 is 5.32 Å². The molecule has 5 rings (SSSR count). The molecule has 144 valence electrons. The Morgan fingerprint density at radius 2 is 1.79 bits per heavy atom. The maximum Gasteiger partial charge on any atom is 0.210 e. The van der Waals surface area contributed by atoms with Crippen molar-refractivity contribution in [2.24, 2.45) is 0 Å². The Bertz CT molecular complexity index is 1280. The number of anilines is 2. The Labute approximate surface area is 180 Å². The highest BCUT2D eigenvalue weighted by atomic mass is 32.1. The van der Waals surface area contributed by atoms with E-state index in [9.17, 15) is 0 Å². The quantitative estimate of drug-likeness (QED) is 0.355. The molecule has 0 saturated heterocycles. The first-order valence-corrected chi connectivity index (χ1v) is 11.6. The summed E-state index contributed by atoms with van der Waals surface area (Å²) in [5, 5.41) is 17.8. The molecular weight excluding hydrogens is 418 g/mol. The lowest BCUT2D eigenvalue weighted by molar-refractivity contribution is 0.982. The lowest BCUT2D eigenvalue weighted by Crippen LogP contribution is -1.89. The van der Waals surface area contributed by atoms with Gasteiger partial charge >= 0.3 is 0 Å². The van der Waals surface area contributed by atoms with Gasteiger partial charge in [0.1, 0.15) is 10.0 Å². The number of fused-ring (bicyclic) bond motifs is 1. The number of nitrogens with one attached hydrogen (secondary N) is 1. The van der Waals surface area contributed by atoms with Crippen LogP contribution in [0.5, 0.6) is 0 Å². The maximum atomic E-state index is 4.76. The van der Waals surface area contributed by atoms with Crippen LogP contribution >= 0.6 is 34.0 Å². The van der Waals surface area contributed by atoms with E-state index in [2.05, 4.69) is 75.3 Å². The molecule has 0 bridgehead atoms. The van der Waals surface area contributed by atoms with Crippen LogP contribution in [0.4, 0.5) is 10.8 Å². The second-order valence-corrected chi connectivity index (χ2v) is 9.88. The molecule has 2 aromatic carbocycles. The predicted molar refractivity (Wildman–Crippen MR) is 123 cm³/mol. The number of rotatable bonds is 5. The molecule has 0 fully saturated rings. The molecule has 0 radical (unpaired) electrons. The first-order valence-electron chi connectivity index (χ1n) is 9.10. The van der Waals surface area contributed by atoms with Crippen LogP contribution in [0.2, 0.25) is 0 Å². The van der Waals surface area contributed by atoms with Crippen LogP contribution in [0.15, 0.2) is 47.8 Å². The molecule has 0 aliphatic heterocycles. The van der Waals surface area contributed by atoms with Crippen LogP contribution in [0.3, 0.4) is 0 Å². The van der Waals surface area contributed by atoms with Gasteiger partial charge in [0.25, 0.3) is 0 Å². The Hall–Kier alpha value is -2.68. The van der Waals surface area contributed by atoms with Crippen LogP contribution in [0, 0.1) is 13.8 Å². The van der Waals surface area contributed by atoms with E-state index in [0.29, 0.717) is 0 Å². The first kappa shape index (κ1) is 18.4. The van der Waals surface area contributed by atoms with Gasteiger partial charge in [-0.1, -0.05) is 17.4 Å². The van der Waals surface area contributed by atoms with Gasteiger partial charge in [-0.25, -0.2) is 9.97 Å². The smallest absolute Gasteiger partial charge is 0.210 e. The molecule has 0 spiro atoms. The Kier molecular flexibility index (Phi) is 4.83. The monoisotopic (exact) mass is 435 g/mol. The molecule has 0 unspecified atom stereocenters. The molecular formula is C21H17N5S3. The largest absolute Gasteiger partial charge is 0.330 e. The average molecular weight is 436 g/mol. The third-order valence-corrected chi connectivity index (χ3v) is 7.12. The van der Waals surface area contributed by atoms with Crippen LogP contribution in [-0.2, 0) is 6.42 Å². The maximum absolute atomic E-state index is 4.76. The van der Waals surface area contributed by atoms with Crippen LogP contribution in [0.1, 0.15) is 21.3 Å². The molecule has 0 aliphatic carbocycles. The zero-order valence-electron chi connectivity index (χ0n) is 15.8. The number of thiazole rings is 2. The van der Waals surface area contributed by atoms with Crippen molar-refractivity contribution in [3.05, 3.63) is 69.1 Å². The normalized spacial score (nSPS) is 11.2. The summed E-state index contributed by atoms with van der Waals surface area (Å²) in [5.41, 5.74) is 5.46. The Morgan fingerprint density at radius 3 is 2.59 bits per heavy atom. The molecule has 3 aromatic heterocycles. The third kappa shape index (κ3) is 4.05. The van der Waals surface area contributed by atoms with Crippen LogP contribution in [0.25, 0.3) is 20.8 Å². The summed E-state index contributed by atoms with van der Waals surface area (Å²) in [6.07, 6.45) is 0.722. The standard InChI is InChI=1S/C21H17N5S3/c1-12-3-8-17-18(9-12)28-20(24-17)14-4-6-15(7-5-14)23-21-26-25-19(29-21)10-16-11-27-13(2)22-16/h3-9,11H,10H2,1-2H3,(H,23,26). The summed E-state index contributed by atoms with van der Waals surface area (Å²) in [6.45, 7) is 4.12. The van der Waals surface area contributed by atoms with E-state index >= 15 is 0 Å². The van der Waals surface area contributed by atoms with E-state index in [0.717, 1.165) is 49.0 Å². The minimum Gasteiger partial charge on any atom is -0.330 e. The van der Waals surface area contributed by atoms with E-state index in [4.69, 9.17) is 4.98 Å². The fourth-order valence-corrected chi connectivity index (χ4v) is 5.45. The van der Waals surface area contributed by atoms with Gasteiger partial charge < -0.3 is 5.32 Å². The van der Waals surface area contributed by atoms with E-state index in [1.807, 2.05) is 6.92 Å². The number of hydrogen-bond acceptors (Lipinski definition) is 8. The molecule has 1 N–H and O–H groups in total. The molecule has 3 heterocycles. The van der Waals surface area contributed by atoms with E-state index < -0.39 is 0 Å². The second kappa shape index (κ2) is 7.62. The highest BCUT2D eigenvalue weighted by Gasteiger charge is 2.09. The Morgan fingerprint density at radius 1 is 0.931 bits per heavy atom. The van der Waals surface area contributed by atoms with Crippen molar-refractivity contribution in [2.45, 2.75) is 20.3 Å². The summed E-state index contributed by atoms with van der Waals surface area (Å²) in [5.74, 6) is 0. The summed E-state index contributed by atoms with van der Waals surface area (Å²) >= 11 is 4.94. The van der Waals surface area contributed by atoms with Gasteiger partial charge in [0, 0.05) is 23.1 Å². The van der Waals surface area contributed by atoms with Crippen molar-refractivity contribution in [1.82, 2.24) is 20.2 Å². The number of benzene rings is 2. The fourth-order valence-electron chi connectivity index (χ4n) is 2.99. The first-order chi connectivity index (χ1) is 14.1. The number of nitrogens with zero attached hydrogens (tertiary/aromatic N) is 4. The molecule has 0 aliphatic rings. The molecule has 8 heteroatoms. The zero-order chi connectivity index (χ0) is 19.8. The lowest BCUT2D eigenvalue weighted by Gasteiger charge is -2.02. The van der Waals surface area contributed by atoms with E-state index in [1.54, 1.807) is 34.0 Å². The predicted octanol–water partition coefficient (Wildman–Crippen LogP) is 6.22. The van der Waals surface area contributed by atoms with Crippen molar-refractivity contribution >= 4 is 55.0 Å². The average Bonchev–Trinajstić information content (AvgIpc) is 3.43. The second-order valence-electron chi connectivity index (χ2n) is 6.73. The molecule has 0 amide bonds. The zero-order valence-corrected chi connectivity index (χ0v) is 18.3. The SMILES string of the molecule is Cc1ccc2nc(-c3ccc(Nc4nnc(Cc5csc(C)n5)s4)cc3)sc2c1. The van der Waals surface area contributed by atoms with Gasteiger partial charge in [-0.15, -0.1) is 32.9 Å². The molecule has 29 heavy (non-hydrogen) atoms. The summed E-state index contributed by atoms with van der Waals surface area (Å²) < 4.78 is 1.22. The van der Waals surface area contributed by atoms with Crippen molar-refractivity contribution < 1.29 is 0 Å². The van der Waals surface area contributed by atoms with Crippen LogP contribution in [-0.4, -0.2) is 20.2 Å². The fraction of sp³-hybridized carbons (Fsp3) is 0.143. The summed E-state index contributed by atoms with van der Waals surface area (Å²) in [4.78, 5) is 9.25. The topological polar surface area (TPSA) is 63.6 Å². The van der Waals surface area contributed by atoms with Crippen molar-refractivity contribution in [2.75, 3.05) is 5.32 Å². The minimum atomic E-state index is 0.722. The molecule has 0 atom stereocenters. The summed E-state index contributed by atoms with van der Waals surface area (Å²) in [6, 6.07) is 14.7. The van der Waals surface area contributed by atoms with Crippen molar-refractivity contribution in [1.29, 1.82) is 0 Å². The number of aromatic nitrogens is 4. The summed E-state index contributed by atoms with van der Waals surface area (Å²) in [7, 11) is 0. The van der Waals surface area contributed by atoms with Gasteiger partial charge in [0.2, 0.25) is 5.13 Å². The molecule has 5 nitrogen and oxygen atoms in total. The lowest BCUT2D eigenvalue weighted by atomic mass is 10.2. The van der Waals surface area contributed by atoms with Gasteiger partial charge in [-0.2, -0.15) is 0 Å². The number of hydrogen-bond donors (Lipinski definition) is 1. The Balaban J connectivity index is 1.30.